The van der Waals surface area contributed by atoms with E-state index in [1.165, 1.54) is 0 Å². The molecular weight excluding hydrogens is 408 g/mol. The van der Waals surface area contributed by atoms with Crippen molar-refractivity contribution in [2.24, 2.45) is 0 Å². The summed E-state index contributed by atoms with van der Waals surface area (Å²) >= 11 is 1.59. The van der Waals surface area contributed by atoms with Gasteiger partial charge in [-0.3, -0.25) is 14.3 Å². The number of thiophene rings is 1. The summed E-state index contributed by atoms with van der Waals surface area (Å²) in [6.45, 7) is 2.59. The van der Waals surface area contributed by atoms with Crippen LogP contribution in [-0.4, -0.2) is 38.1 Å². The maximum absolute atomic E-state index is 13.6. The zero-order chi connectivity index (χ0) is 21.4. The van der Waals surface area contributed by atoms with Crippen molar-refractivity contribution in [1.29, 1.82) is 0 Å². The van der Waals surface area contributed by atoms with Gasteiger partial charge in [-0.2, -0.15) is 5.10 Å². The van der Waals surface area contributed by atoms with Gasteiger partial charge < -0.3 is 10.2 Å². The molecule has 2 aromatic heterocycles. The van der Waals surface area contributed by atoms with Crippen LogP contribution in [0.3, 0.4) is 0 Å². The second kappa shape index (κ2) is 7.96. The molecular formula is C24H26N4O2S. The topological polar surface area (TPSA) is 67.2 Å². The fraction of sp³-hybridized carbons (Fsp3) is 0.375. The highest BCUT2D eigenvalue weighted by Crippen LogP contribution is 2.33. The molecule has 0 spiro atoms. The molecule has 1 N–H and O–H groups in total. The third kappa shape index (κ3) is 3.67. The van der Waals surface area contributed by atoms with E-state index in [1.54, 1.807) is 20.9 Å². The first-order valence-corrected chi connectivity index (χ1v) is 11.7. The van der Waals surface area contributed by atoms with Gasteiger partial charge in [0, 0.05) is 12.6 Å². The number of fused-ring (bicyclic) bond motifs is 1. The highest BCUT2D eigenvalue weighted by molar-refractivity contribution is 7.13. The Kier molecular flexibility index (Phi) is 5.14. The monoisotopic (exact) mass is 434 g/mol. The van der Waals surface area contributed by atoms with Crippen LogP contribution in [0.15, 0.2) is 53.9 Å². The number of aromatic nitrogens is 2. The second-order valence-electron chi connectivity index (χ2n) is 8.66. The van der Waals surface area contributed by atoms with E-state index in [0.717, 1.165) is 41.8 Å². The number of hydrogen-bond donors (Lipinski definition) is 1. The Morgan fingerprint density at radius 3 is 2.68 bits per heavy atom. The van der Waals surface area contributed by atoms with Crippen LogP contribution in [-0.2, 0) is 17.9 Å². The van der Waals surface area contributed by atoms with E-state index in [-0.39, 0.29) is 17.9 Å². The van der Waals surface area contributed by atoms with Crippen molar-refractivity contribution in [3.05, 3.63) is 65.2 Å². The van der Waals surface area contributed by atoms with Gasteiger partial charge in [0.25, 0.3) is 5.91 Å². The van der Waals surface area contributed by atoms with Crippen LogP contribution in [0.25, 0.3) is 10.6 Å². The molecule has 1 aliphatic heterocycles. The first kappa shape index (κ1) is 20.0. The standard InChI is InChI=1S/C24H26N4O2S/c1-24(23(30)25-18-10-5-6-11-18)16-28-20(14-19(26-28)21-12-7-13-31-21)22(29)27(24)15-17-8-3-2-4-9-17/h2-4,7-9,12-14,18H,5-6,10-11,15-16H2,1H3,(H,25,30)/t24-/m1/s1. The molecule has 1 aromatic carbocycles. The molecule has 0 unspecified atom stereocenters. The van der Waals surface area contributed by atoms with Crippen molar-refractivity contribution >= 4 is 23.2 Å². The Hall–Kier alpha value is -2.93. The van der Waals surface area contributed by atoms with Crippen LogP contribution in [0, 0.1) is 0 Å². The molecule has 31 heavy (non-hydrogen) atoms. The Labute approximate surface area is 185 Å². The highest BCUT2D eigenvalue weighted by atomic mass is 32.1. The first-order valence-electron chi connectivity index (χ1n) is 10.8. The second-order valence-corrected chi connectivity index (χ2v) is 9.60. The molecule has 3 heterocycles. The molecule has 3 aromatic rings. The summed E-state index contributed by atoms with van der Waals surface area (Å²) in [5.41, 5.74) is 1.30. The van der Waals surface area contributed by atoms with Gasteiger partial charge in [0.1, 0.15) is 16.9 Å². The molecule has 2 amide bonds. The number of amides is 2. The van der Waals surface area contributed by atoms with Crippen LogP contribution >= 0.6 is 11.3 Å². The number of hydrogen-bond acceptors (Lipinski definition) is 4. The predicted molar refractivity (Wildman–Crippen MR) is 121 cm³/mol. The third-order valence-electron chi connectivity index (χ3n) is 6.43. The van der Waals surface area contributed by atoms with Crippen LogP contribution in [0.5, 0.6) is 0 Å². The van der Waals surface area contributed by atoms with Gasteiger partial charge in [-0.05, 0) is 42.8 Å². The SMILES string of the molecule is C[C@]1(C(=O)NC2CCCC2)Cn2nc(-c3cccs3)cc2C(=O)N1Cc1ccccc1. The molecule has 7 heteroatoms. The van der Waals surface area contributed by atoms with E-state index >= 15 is 0 Å². The number of nitrogens with one attached hydrogen (secondary N) is 1. The number of rotatable bonds is 5. The fourth-order valence-electron chi connectivity index (χ4n) is 4.61. The smallest absolute Gasteiger partial charge is 0.273 e. The number of nitrogens with zero attached hydrogens (tertiary/aromatic N) is 3. The fourth-order valence-corrected chi connectivity index (χ4v) is 5.29. The molecule has 5 rings (SSSR count). The molecule has 1 atom stereocenters. The summed E-state index contributed by atoms with van der Waals surface area (Å²) in [5, 5.41) is 9.91. The maximum Gasteiger partial charge on any atom is 0.273 e. The van der Waals surface area contributed by atoms with Crippen LogP contribution in [0.1, 0.15) is 48.7 Å². The summed E-state index contributed by atoms with van der Waals surface area (Å²) in [6, 6.07) is 15.9. The molecule has 0 bridgehead atoms. The van der Waals surface area contributed by atoms with E-state index in [4.69, 9.17) is 5.10 Å². The van der Waals surface area contributed by atoms with Crippen LogP contribution in [0.2, 0.25) is 0 Å². The van der Waals surface area contributed by atoms with E-state index in [1.807, 2.05) is 60.8 Å². The summed E-state index contributed by atoms with van der Waals surface area (Å²) in [5.74, 6) is -0.253. The lowest BCUT2D eigenvalue weighted by molar-refractivity contribution is -0.134. The zero-order valence-corrected chi connectivity index (χ0v) is 18.4. The lowest BCUT2D eigenvalue weighted by Gasteiger charge is -2.43. The van der Waals surface area contributed by atoms with Crippen molar-refractivity contribution < 1.29 is 9.59 Å². The minimum absolute atomic E-state index is 0.0949. The summed E-state index contributed by atoms with van der Waals surface area (Å²) in [6.07, 6.45) is 4.29. The molecule has 2 aliphatic rings. The van der Waals surface area contributed by atoms with Crippen molar-refractivity contribution in [3.63, 3.8) is 0 Å². The van der Waals surface area contributed by atoms with E-state index < -0.39 is 5.54 Å². The maximum atomic E-state index is 13.6. The molecule has 1 saturated carbocycles. The molecule has 1 aliphatic carbocycles. The number of carbonyl (C=O) groups excluding carboxylic acids is 2. The molecule has 1 fully saturated rings. The normalized spacial score (nSPS) is 21.3. The van der Waals surface area contributed by atoms with Crippen LogP contribution in [0.4, 0.5) is 0 Å². The zero-order valence-electron chi connectivity index (χ0n) is 17.6. The first-order chi connectivity index (χ1) is 15.0. The van der Waals surface area contributed by atoms with Crippen molar-refractivity contribution in [2.45, 2.75) is 57.3 Å². The minimum Gasteiger partial charge on any atom is -0.351 e. The Balaban J connectivity index is 1.52. The van der Waals surface area contributed by atoms with Crippen molar-refractivity contribution in [1.82, 2.24) is 20.0 Å². The molecule has 0 saturated heterocycles. The third-order valence-corrected chi connectivity index (χ3v) is 7.33. The van der Waals surface area contributed by atoms with Gasteiger partial charge in [-0.1, -0.05) is 49.2 Å². The summed E-state index contributed by atoms with van der Waals surface area (Å²) in [4.78, 5) is 29.9. The van der Waals surface area contributed by atoms with Gasteiger partial charge in [-0.25, -0.2) is 0 Å². The Bertz CT molecular complexity index is 1090. The molecule has 6 nitrogen and oxygen atoms in total. The average Bonchev–Trinajstić information content (AvgIpc) is 3.53. The Morgan fingerprint density at radius 1 is 1.19 bits per heavy atom. The van der Waals surface area contributed by atoms with Crippen molar-refractivity contribution in [3.8, 4) is 10.6 Å². The minimum atomic E-state index is -1.01. The van der Waals surface area contributed by atoms with E-state index in [2.05, 4.69) is 5.32 Å². The van der Waals surface area contributed by atoms with E-state index in [9.17, 15) is 9.59 Å². The van der Waals surface area contributed by atoms with Gasteiger partial charge in [0.2, 0.25) is 5.91 Å². The molecule has 160 valence electrons. The van der Waals surface area contributed by atoms with Crippen LogP contribution < -0.4 is 5.32 Å². The van der Waals surface area contributed by atoms with E-state index in [0.29, 0.717) is 18.8 Å². The summed E-state index contributed by atoms with van der Waals surface area (Å²) < 4.78 is 1.72. The quantitative estimate of drug-likeness (QED) is 0.658. The van der Waals surface area contributed by atoms with Gasteiger partial charge >= 0.3 is 0 Å². The number of benzene rings is 1. The lowest BCUT2D eigenvalue weighted by atomic mass is 9.93. The highest BCUT2D eigenvalue weighted by Gasteiger charge is 2.48. The molecule has 0 radical (unpaired) electrons. The van der Waals surface area contributed by atoms with Gasteiger partial charge in [0.05, 0.1) is 11.4 Å². The number of carbonyl (C=O) groups is 2. The average molecular weight is 435 g/mol. The predicted octanol–water partition coefficient (Wildman–Crippen LogP) is 4.09. The summed E-state index contributed by atoms with van der Waals surface area (Å²) in [7, 11) is 0. The van der Waals surface area contributed by atoms with Crippen molar-refractivity contribution in [2.75, 3.05) is 0 Å². The van der Waals surface area contributed by atoms with Gasteiger partial charge in [0.15, 0.2) is 0 Å². The Morgan fingerprint density at radius 2 is 1.97 bits per heavy atom. The largest absolute Gasteiger partial charge is 0.351 e. The van der Waals surface area contributed by atoms with Gasteiger partial charge in [-0.15, -0.1) is 11.3 Å². The lowest BCUT2D eigenvalue weighted by Crippen LogP contribution is -2.64.